The van der Waals surface area contributed by atoms with Crippen LogP contribution in [0, 0.1) is 0 Å². The average Bonchev–Trinajstić information content (AvgIpc) is 2.54. The quantitative estimate of drug-likeness (QED) is 0.832. The predicted octanol–water partition coefficient (Wildman–Crippen LogP) is 2.61. The minimum Gasteiger partial charge on any atom is -0.495 e. The van der Waals surface area contributed by atoms with E-state index in [2.05, 4.69) is 15.6 Å². The van der Waals surface area contributed by atoms with E-state index in [1.165, 1.54) is 14.0 Å². The van der Waals surface area contributed by atoms with Crippen molar-refractivity contribution in [3.63, 3.8) is 0 Å². The molecule has 1 aromatic carbocycles. The number of carbonyl (C=O) groups is 2. The molecule has 0 unspecified atom stereocenters. The first kappa shape index (κ1) is 15.5. The number of Topliss-reactive ketones (excluding diaryl/α,β-unsaturated/α-hetero) is 1. The molecular weight excluding hydrogens is 282 g/mol. The van der Waals surface area contributed by atoms with E-state index in [1.807, 2.05) is 18.2 Å². The van der Waals surface area contributed by atoms with E-state index in [4.69, 9.17) is 4.74 Å². The molecule has 0 bridgehead atoms. The van der Waals surface area contributed by atoms with Crippen molar-refractivity contribution in [1.82, 2.24) is 10.3 Å². The summed E-state index contributed by atoms with van der Waals surface area (Å²) >= 11 is 0. The summed E-state index contributed by atoms with van der Waals surface area (Å²) in [5.41, 5.74) is 1.78. The zero-order valence-corrected chi connectivity index (χ0v) is 12.4. The third-order valence-electron chi connectivity index (χ3n) is 3.01. The average molecular weight is 299 g/mol. The van der Waals surface area contributed by atoms with E-state index in [0.29, 0.717) is 23.5 Å². The van der Waals surface area contributed by atoms with E-state index in [1.54, 1.807) is 24.4 Å². The Labute approximate surface area is 128 Å². The smallest absolute Gasteiger partial charge is 0.319 e. The number of nitrogens with zero attached hydrogens (tertiary/aromatic N) is 1. The van der Waals surface area contributed by atoms with Gasteiger partial charge in [-0.15, -0.1) is 0 Å². The van der Waals surface area contributed by atoms with Crippen molar-refractivity contribution in [2.45, 2.75) is 13.5 Å². The third kappa shape index (κ3) is 4.05. The number of hydrogen-bond acceptors (Lipinski definition) is 4. The molecule has 22 heavy (non-hydrogen) atoms. The van der Waals surface area contributed by atoms with Crippen molar-refractivity contribution in [1.29, 1.82) is 0 Å². The van der Waals surface area contributed by atoms with Gasteiger partial charge >= 0.3 is 6.03 Å². The van der Waals surface area contributed by atoms with Crippen LogP contribution in [0.1, 0.15) is 23.0 Å². The Kier molecular flexibility index (Phi) is 5.08. The molecule has 0 radical (unpaired) electrons. The first-order chi connectivity index (χ1) is 10.6. The number of carbonyl (C=O) groups excluding carboxylic acids is 2. The third-order valence-corrected chi connectivity index (χ3v) is 3.01. The zero-order valence-electron chi connectivity index (χ0n) is 12.4. The minimum absolute atomic E-state index is 0.0653. The van der Waals surface area contributed by atoms with Gasteiger partial charge in [-0.05, 0) is 37.3 Å². The van der Waals surface area contributed by atoms with Crippen LogP contribution in [0.2, 0.25) is 0 Å². The lowest BCUT2D eigenvalue weighted by molar-refractivity contribution is 0.101. The molecule has 114 valence electrons. The van der Waals surface area contributed by atoms with Crippen LogP contribution >= 0.6 is 0 Å². The Hall–Kier alpha value is -2.89. The number of rotatable bonds is 5. The summed E-state index contributed by atoms with van der Waals surface area (Å²) in [5, 5.41) is 5.38. The standard InChI is InChI=1S/C16H17N3O3/c1-11(20)12-6-7-14(15(9-12)22-2)19-16(21)18-10-13-5-3-4-8-17-13/h3-9H,10H2,1-2H3,(H2,18,19,21). The van der Waals surface area contributed by atoms with Gasteiger partial charge in [-0.2, -0.15) is 0 Å². The summed E-state index contributed by atoms with van der Waals surface area (Å²) in [6.45, 7) is 1.79. The molecule has 0 fully saturated rings. The van der Waals surface area contributed by atoms with Crippen molar-refractivity contribution in [2.75, 3.05) is 12.4 Å². The first-order valence-corrected chi connectivity index (χ1v) is 6.74. The molecule has 2 N–H and O–H groups in total. The van der Waals surface area contributed by atoms with Crippen molar-refractivity contribution in [2.24, 2.45) is 0 Å². The van der Waals surface area contributed by atoms with Crippen molar-refractivity contribution in [3.05, 3.63) is 53.9 Å². The number of benzene rings is 1. The molecule has 6 heteroatoms. The Bertz CT molecular complexity index is 672. The van der Waals surface area contributed by atoms with E-state index in [0.717, 1.165) is 5.69 Å². The van der Waals surface area contributed by atoms with Gasteiger partial charge in [0.1, 0.15) is 5.75 Å². The molecule has 0 aliphatic rings. The highest BCUT2D eigenvalue weighted by atomic mass is 16.5. The second-order valence-corrected chi connectivity index (χ2v) is 4.60. The second-order valence-electron chi connectivity index (χ2n) is 4.60. The largest absolute Gasteiger partial charge is 0.495 e. The van der Waals surface area contributed by atoms with Gasteiger partial charge in [0.2, 0.25) is 0 Å². The Morgan fingerprint density at radius 1 is 1.23 bits per heavy atom. The zero-order chi connectivity index (χ0) is 15.9. The molecule has 0 atom stereocenters. The number of urea groups is 1. The lowest BCUT2D eigenvalue weighted by Crippen LogP contribution is -2.28. The number of pyridine rings is 1. The molecule has 2 aromatic rings. The van der Waals surface area contributed by atoms with Crippen LogP contribution in [0.3, 0.4) is 0 Å². The van der Waals surface area contributed by atoms with Gasteiger partial charge in [-0.25, -0.2) is 4.79 Å². The molecule has 1 heterocycles. The molecule has 0 aliphatic carbocycles. The maximum absolute atomic E-state index is 11.9. The van der Waals surface area contributed by atoms with Gasteiger partial charge in [0, 0.05) is 11.8 Å². The first-order valence-electron chi connectivity index (χ1n) is 6.74. The molecule has 0 saturated heterocycles. The van der Waals surface area contributed by atoms with E-state index in [9.17, 15) is 9.59 Å². The SMILES string of the molecule is COc1cc(C(C)=O)ccc1NC(=O)NCc1ccccn1. The van der Waals surface area contributed by atoms with Crippen LogP contribution in [-0.2, 0) is 6.54 Å². The molecule has 0 saturated carbocycles. The van der Waals surface area contributed by atoms with Crippen LogP contribution < -0.4 is 15.4 Å². The van der Waals surface area contributed by atoms with Gasteiger partial charge in [0.15, 0.2) is 5.78 Å². The predicted molar refractivity (Wildman–Crippen MR) is 83.1 cm³/mol. The van der Waals surface area contributed by atoms with Gasteiger partial charge < -0.3 is 15.4 Å². The van der Waals surface area contributed by atoms with Crippen molar-refractivity contribution < 1.29 is 14.3 Å². The van der Waals surface area contributed by atoms with Crippen LogP contribution in [0.15, 0.2) is 42.6 Å². The molecular formula is C16H17N3O3. The van der Waals surface area contributed by atoms with E-state index < -0.39 is 0 Å². The fourth-order valence-electron chi connectivity index (χ4n) is 1.85. The number of hydrogen-bond donors (Lipinski definition) is 2. The number of nitrogens with one attached hydrogen (secondary N) is 2. The van der Waals surface area contributed by atoms with Crippen molar-refractivity contribution >= 4 is 17.5 Å². The molecule has 0 spiro atoms. The number of amides is 2. The number of ether oxygens (including phenoxy) is 1. The summed E-state index contributed by atoms with van der Waals surface area (Å²) < 4.78 is 5.19. The molecule has 2 amide bonds. The van der Waals surface area contributed by atoms with Crippen LogP contribution in [0.4, 0.5) is 10.5 Å². The Morgan fingerprint density at radius 2 is 2.05 bits per heavy atom. The highest BCUT2D eigenvalue weighted by molar-refractivity contribution is 5.96. The van der Waals surface area contributed by atoms with Gasteiger partial charge in [-0.3, -0.25) is 9.78 Å². The highest BCUT2D eigenvalue weighted by Crippen LogP contribution is 2.25. The van der Waals surface area contributed by atoms with Crippen LogP contribution in [0.25, 0.3) is 0 Å². The summed E-state index contributed by atoms with van der Waals surface area (Å²) in [6.07, 6.45) is 1.67. The van der Waals surface area contributed by atoms with Crippen molar-refractivity contribution in [3.8, 4) is 5.75 Å². The lowest BCUT2D eigenvalue weighted by Gasteiger charge is -2.12. The second kappa shape index (κ2) is 7.21. The monoisotopic (exact) mass is 299 g/mol. The van der Waals surface area contributed by atoms with E-state index in [-0.39, 0.29) is 11.8 Å². The summed E-state index contributed by atoms with van der Waals surface area (Å²) in [4.78, 5) is 27.4. The Morgan fingerprint density at radius 3 is 2.68 bits per heavy atom. The van der Waals surface area contributed by atoms with Gasteiger partial charge in [0.05, 0.1) is 25.0 Å². The maximum atomic E-state index is 11.9. The fourth-order valence-corrected chi connectivity index (χ4v) is 1.85. The van der Waals surface area contributed by atoms with Gasteiger partial charge in [0.25, 0.3) is 0 Å². The molecule has 6 nitrogen and oxygen atoms in total. The molecule has 1 aromatic heterocycles. The highest BCUT2D eigenvalue weighted by Gasteiger charge is 2.10. The summed E-state index contributed by atoms with van der Waals surface area (Å²) in [7, 11) is 1.48. The number of aromatic nitrogens is 1. The topological polar surface area (TPSA) is 80.3 Å². The van der Waals surface area contributed by atoms with Crippen LogP contribution in [0.5, 0.6) is 5.75 Å². The summed E-state index contributed by atoms with van der Waals surface area (Å²) in [5.74, 6) is 0.366. The number of anilines is 1. The summed E-state index contributed by atoms with van der Waals surface area (Å²) in [6, 6.07) is 9.98. The number of ketones is 1. The molecule has 0 aliphatic heterocycles. The normalized spacial score (nSPS) is 9.91. The maximum Gasteiger partial charge on any atom is 0.319 e. The minimum atomic E-state index is -0.375. The van der Waals surface area contributed by atoms with E-state index >= 15 is 0 Å². The van der Waals surface area contributed by atoms with Gasteiger partial charge in [-0.1, -0.05) is 6.07 Å². The van der Waals surface area contributed by atoms with Crippen LogP contribution in [-0.4, -0.2) is 23.9 Å². The number of methoxy groups -OCH3 is 1. The lowest BCUT2D eigenvalue weighted by atomic mass is 10.1. The Balaban J connectivity index is 2.00. The fraction of sp³-hybridized carbons (Fsp3) is 0.188. The molecule has 2 rings (SSSR count).